The largest absolute Gasteiger partial charge is 0.347 e. The molecule has 0 saturated heterocycles. The van der Waals surface area contributed by atoms with Crippen LogP contribution in [0.25, 0.3) is 5.69 Å². The van der Waals surface area contributed by atoms with Gasteiger partial charge in [-0.15, -0.1) is 0 Å². The molecule has 196 valence electrons. The van der Waals surface area contributed by atoms with Crippen LogP contribution in [0.3, 0.4) is 0 Å². The van der Waals surface area contributed by atoms with Gasteiger partial charge in [0.2, 0.25) is 0 Å². The highest BCUT2D eigenvalue weighted by atomic mass is 79.9. The molecule has 0 radical (unpaired) electrons. The summed E-state index contributed by atoms with van der Waals surface area (Å²) >= 11 is 9.56. The number of carbonyl (C=O) groups is 2. The predicted molar refractivity (Wildman–Crippen MR) is 151 cm³/mol. The topological polar surface area (TPSA) is 100 Å². The fourth-order valence-electron chi connectivity index (χ4n) is 4.69. The van der Waals surface area contributed by atoms with Gasteiger partial charge in [-0.1, -0.05) is 41.9 Å². The van der Waals surface area contributed by atoms with Crippen LogP contribution in [0.4, 0.5) is 0 Å². The van der Waals surface area contributed by atoms with Gasteiger partial charge in [0.05, 0.1) is 34.6 Å². The van der Waals surface area contributed by atoms with Crippen molar-refractivity contribution >= 4 is 39.3 Å². The molecule has 1 aliphatic heterocycles. The van der Waals surface area contributed by atoms with Crippen LogP contribution in [0.1, 0.15) is 43.2 Å². The number of amides is 2. The molecular formula is C29H23BrClN5O3. The first-order valence-electron chi connectivity index (χ1n) is 12.2. The lowest BCUT2D eigenvalue weighted by molar-refractivity contribution is 0.0706. The Labute approximate surface area is 238 Å². The molecule has 1 aromatic heterocycles. The molecule has 3 aromatic carbocycles. The maximum atomic E-state index is 13.7. The molecular weight excluding hydrogens is 582 g/mol. The van der Waals surface area contributed by atoms with Gasteiger partial charge < -0.3 is 10.2 Å². The number of aryl methyl sites for hydroxylation is 1. The maximum absolute atomic E-state index is 13.7. The predicted octanol–water partition coefficient (Wildman–Crippen LogP) is 4.82. The van der Waals surface area contributed by atoms with E-state index in [0.29, 0.717) is 44.1 Å². The molecule has 0 fully saturated rings. The molecule has 0 aliphatic carbocycles. The lowest BCUT2D eigenvalue weighted by Crippen LogP contribution is -2.41. The van der Waals surface area contributed by atoms with Crippen LogP contribution in [-0.2, 0) is 19.6 Å². The summed E-state index contributed by atoms with van der Waals surface area (Å²) in [5.74, 6) is -0.687. The van der Waals surface area contributed by atoms with Gasteiger partial charge in [-0.25, -0.2) is 4.79 Å². The number of fused-ring (bicyclic) bond motifs is 1. The normalized spacial score (nSPS) is 12.5. The molecule has 0 atom stereocenters. The molecule has 2 heterocycles. The fourth-order valence-corrected chi connectivity index (χ4v) is 5.12. The van der Waals surface area contributed by atoms with Gasteiger partial charge in [-0.3, -0.25) is 18.7 Å². The van der Waals surface area contributed by atoms with Crippen molar-refractivity contribution in [2.24, 2.45) is 0 Å². The second kappa shape index (κ2) is 10.9. The van der Waals surface area contributed by atoms with Gasteiger partial charge in [-0.05, 0) is 70.4 Å². The fraction of sp³-hybridized carbons (Fsp3) is 0.172. The summed E-state index contributed by atoms with van der Waals surface area (Å²) in [4.78, 5) is 42.3. The monoisotopic (exact) mass is 603 g/mol. The number of nitrogens with zero attached hydrogens (tertiary/aromatic N) is 4. The van der Waals surface area contributed by atoms with E-state index in [-0.39, 0.29) is 36.9 Å². The van der Waals surface area contributed by atoms with Gasteiger partial charge in [0.25, 0.3) is 11.8 Å². The highest BCUT2D eigenvalue weighted by molar-refractivity contribution is 9.10. The zero-order valence-electron chi connectivity index (χ0n) is 20.9. The van der Waals surface area contributed by atoms with Crippen molar-refractivity contribution < 1.29 is 9.59 Å². The third kappa shape index (κ3) is 5.13. The van der Waals surface area contributed by atoms with Crippen LogP contribution in [0, 0.1) is 18.3 Å². The summed E-state index contributed by atoms with van der Waals surface area (Å²) in [6, 6.07) is 21.6. The Bertz CT molecular complexity index is 1700. The summed E-state index contributed by atoms with van der Waals surface area (Å²) in [7, 11) is 0. The first-order valence-corrected chi connectivity index (χ1v) is 13.4. The van der Waals surface area contributed by atoms with E-state index in [2.05, 4.69) is 27.3 Å². The second-order valence-corrected chi connectivity index (χ2v) is 10.5. The smallest absolute Gasteiger partial charge is 0.333 e. The van der Waals surface area contributed by atoms with Crippen molar-refractivity contribution in [1.29, 1.82) is 5.26 Å². The number of benzene rings is 3. The minimum absolute atomic E-state index is 0.0676. The summed E-state index contributed by atoms with van der Waals surface area (Å²) in [6.45, 7) is 2.64. The molecule has 0 spiro atoms. The van der Waals surface area contributed by atoms with Crippen LogP contribution in [0.5, 0.6) is 0 Å². The maximum Gasteiger partial charge on any atom is 0.333 e. The van der Waals surface area contributed by atoms with Crippen molar-refractivity contribution in [2.45, 2.75) is 26.6 Å². The van der Waals surface area contributed by atoms with Gasteiger partial charge in [0, 0.05) is 29.7 Å². The van der Waals surface area contributed by atoms with Crippen molar-refractivity contribution in [2.75, 3.05) is 6.54 Å². The summed E-state index contributed by atoms with van der Waals surface area (Å²) in [6.07, 6.45) is 0. The van der Waals surface area contributed by atoms with Gasteiger partial charge >= 0.3 is 5.69 Å². The zero-order valence-corrected chi connectivity index (χ0v) is 23.3. The van der Waals surface area contributed by atoms with Crippen molar-refractivity contribution in [3.8, 4) is 11.8 Å². The van der Waals surface area contributed by atoms with Crippen LogP contribution in [-0.4, -0.2) is 32.4 Å². The molecule has 1 N–H and O–H groups in total. The lowest BCUT2D eigenvalue weighted by atomic mass is 10.1. The Morgan fingerprint density at radius 1 is 1.08 bits per heavy atom. The van der Waals surface area contributed by atoms with Crippen molar-refractivity contribution in [3.05, 3.63) is 120 Å². The Hall–Kier alpha value is -4.13. The molecule has 0 bridgehead atoms. The molecule has 0 saturated carbocycles. The quantitative estimate of drug-likeness (QED) is 0.353. The Kier molecular flexibility index (Phi) is 7.42. The number of halogens is 2. The number of nitrogens with one attached hydrogen (secondary N) is 1. The standard InChI is InChI=1S/C29H23BrClN5O3/c1-18-13-22(9-7-21(18)15-32)36-26(27(37)33-16-19-5-3-2-4-6-19)25-17-34(11-12-35(25)29(36)39)28(38)20-8-10-23(30)24(31)14-20/h2-10,13-14H,11-12,16-17H2,1H3,(H,33,37). The molecule has 2 amide bonds. The van der Waals surface area contributed by atoms with E-state index < -0.39 is 5.91 Å². The number of imidazole rings is 1. The van der Waals surface area contributed by atoms with E-state index in [4.69, 9.17) is 11.6 Å². The van der Waals surface area contributed by atoms with E-state index in [9.17, 15) is 19.6 Å². The average molecular weight is 605 g/mol. The Balaban J connectivity index is 1.56. The molecule has 39 heavy (non-hydrogen) atoms. The molecule has 10 heteroatoms. The molecule has 4 aromatic rings. The highest BCUT2D eigenvalue weighted by Crippen LogP contribution is 2.26. The number of hydrogen-bond donors (Lipinski definition) is 1. The van der Waals surface area contributed by atoms with E-state index in [0.717, 1.165) is 5.56 Å². The van der Waals surface area contributed by atoms with Crippen molar-refractivity contribution in [3.63, 3.8) is 0 Å². The Morgan fingerprint density at radius 3 is 2.54 bits per heavy atom. The number of nitriles is 1. The Morgan fingerprint density at radius 2 is 1.85 bits per heavy atom. The number of carbonyl (C=O) groups excluding carboxylic acids is 2. The second-order valence-electron chi connectivity index (χ2n) is 9.20. The van der Waals surface area contributed by atoms with Crippen molar-refractivity contribution in [1.82, 2.24) is 19.4 Å². The molecule has 5 rings (SSSR count). The first kappa shape index (κ1) is 26.5. The lowest BCUT2D eigenvalue weighted by Gasteiger charge is -2.28. The van der Waals surface area contributed by atoms with E-state index in [1.165, 1.54) is 4.57 Å². The number of rotatable bonds is 5. The van der Waals surface area contributed by atoms with E-state index >= 15 is 0 Å². The minimum Gasteiger partial charge on any atom is -0.347 e. The number of aromatic nitrogens is 2. The van der Waals surface area contributed by atoms with E-state index in [1.807, 2.05) is 30.3 Å². The van der Waals surface area contributed by atoms with Gasteiger partial charge in [0.1, 0.15) is 5.69 Å². The average Bonchev–Trinajstić information content (AvgIpc) is 3.24. The third-order valence-corrected chi connectivity index (χ3v) is 7.96. The van der Waals surface area contributed by atoms with Gasteiger partial charge in [0.15, 0.2) is 0 Å². The summed E-state index contributed by atoms with van der Waals surface area (Å²) in [5.41, 5.74) is 3.18. The SMILES string of the molecule is Cc1cc(-n2c(C(=O)NCc3ccccc3)c3n(c2=O)CCN(C(=O)c2ccc(Br)c(Cl)c2)C3)ccc1C#N. The molecule has 0 unspecified atom stereocenters. The first-order chi connectivity index (χ1) is 18.8. The minimum atomic E-state index is -0.437. The zero-order chi connectivity index (χ0) is 27.7. The summed E-state index contributed by atoms with van der Waals surface area (Å²) in [5, 5.41) is 12.7. The molecule has 8 nitrogen and oxygen atoms in total. The third-order valence-electron chi connectivity index (χ3n) is 6.73. The van der Waals surface area contributed by atoms with Crippen LogP contribution >= 0.6 is 27.5 Å². The summed E-state index contributed by atoms with van der Waals surface area (Å²) < 4.78 is 3.60. The highest BCUT2D eigenvalue weighted by Gasteiger charge is 2.32. The van der Waals surface area contributed by atoms with Crippen LogP contribution in [0.2, 0.25) is 5.02 Å². The van der Waals surface area contributed by atoms with Gasteiger partial charge in [-0.2, -0.15) is 5.26 Å². The number of hydrogen-bond acceptors (Lipinski definition) is 4. The van der Waals surface area contributed by atoms with Crippen LogP contribution in [0.15, 0.2) is 76.0 Å². The van der Waals surface area contributed by atoms with E-state index in [1.54, 1.807) is 52.8 Å². The molecule has 1 aliphatic rings. The van der Waals surface area contributed by atoms with Crippen LogP contribution < -0.4 is 11.0 Å².